The van der Waals surface area contributed by atoms with Crippen LogP contribution in [0.25, 0.3) is 0 Å². The summed E-state index contributed by atoms with van der Waals surface area (Å²) in [5.41, 5.74) is 0. The fraction of sp³-hybridized carbons (Fsp3) is 0.333. The molecule has 0 fully saturated rings. The Balaban J connectivity index is 2.55. The van der Waals surface area contributed by atoms with Crippen LogP contribution in [-0.4, -0.2) is 16.0 Å². The molecule has 1 rings (SSSR count). The van der Waals surface area contributed by atoms with Crippen molar-refractivity contribution in [3.63, 3.8) is 0 Å². The Morgan fingerprint density at radius 3 is 2.77 bits per heavy atom. The molecule has 1 unspecified atom stereocenters. The van der Waals surface area contributed by atoms with Crippen LogP contribution in [0.2, 0.25) is 0 Å². The third kappa shape index (κ3) is 3.08. The van der Waals surface area contributed by atoms with Crippen molar-refractivity contribution < 1.29 is 4.39 Å². The van der Waals surface area contributed by atoms with E-state index in [-0.39, 0.29) is 6.04 Å². The standard InChI is InChI=1S/C9H10FN3/c1-3-4-7(2)13-9-11-5-8(10)6-12-9/h1,5-7H,4H2,2H3,(H,11,12,13). The Morgan fingerprint density at radius 2 is 2.23 bits per heavy atom. The van der Waals surface area contributed by atoms with E-state index in [0.717, 1.165) is 12.4 Å². The van der Waals surface area contributed by atoms with Gasteiger partial charge in [-0.1, -0.05) is 0 Å². The number of halogens is 1. The van der Waals surface area contributed by atoms with Gasteiger partial charge < -0.3 is 5.32 Å². The van der Waals surface area contributed by atoms with Gasteiger partial charge in [0.15, 0.2) is 5.82 Å². The summed E-state index contributed by atoms with van der Waals surface area (Å²) < 4.78 is 12.4. The summed E-state index contributed by atoms with van der Waals surface area (Å²) in [6.45, 7) is 1.91. The summed E-state index contributed by atoms with van der Waals surface area (Å²) in [4.78, 5) is 7.47. The SMILES string of the molecule is C#CCC(C)Nc1ncc(F)cn1. The van der Waals surface area contributed by atoms with Gasteiger partial charge in [0.05, 0.1) is 12.4 Å². The van der Waals surface area contributed by atoms with E-state index in [1.807, 2.05) is 6.92 Å². The Bertz CT molecular complexity index is 302. The molecular formula is C9H10FN3. The second-order valence-electron chi connectivity index (χ2n) is 2.68. The fourth-order valence-corrected chi connectivity index (χ4v) is 0.835. The summed E-state index contributed by atoms with van der Waals surface area (Å²) in [5.74, 6) is 2.45. The van der Waals surface area contributed by atoms with Crippen molar-refractivity contribution in [2.75, 3.05) is 5.32 Å². The first kappa shape index (κ1) is 9.46. The number of hydrogen-bond acceptors (Lipinski definition) is 3. The largest absolute Gasteiger partial charge is 0.351 e. The fourth-order valence-electron chi connectivity index (χ4n) is 0.835. The maximum atomic E-state index is 12.4. The normalized spacial score (nSPS) is 11.8. The second kappa shape index (κ2) is 4.41. The number of anilines is 1. The lowest BCUT2D eigenvalue weighted by Gasteiger charge is -2.09. The average molecular weight is 179 g/mol. The quantitative estimate of drug-likeness (QED) is 0.713. The summed E-state index contributed by atoms with van der Waals surface area (Å²) in [7, 11) is 0. The number of rotatable bonds is 3. The predicted octanol–water partition coefficient (Wildman–Crippen LogP) is 1.44. The molecule has 1 N–H and O–H groups in total. The Hall–Kier alpha value is -1.63. The van der Waals surface area contributed by atoms with E-state index in [0.29, 0.717) is 12.4 Å². The van der Waals surface area contributed by atoms with Gasteiger partial charge in [0.1, 0.15) is 0 Å². The lowest BCUT2D eigenvalue weighted by molar-refractivity contribution is 0.613. The number of terminal acetylenes is 1. The molecule has 0 saturated carbocycles. The second-order valence-corrected chi connectivity index (χ2v) is 2.68. The highest BCUT2D eigenvalue weighted by atomic mass is 19.1. The zero-order valence-corrected chi connectivity index (χ0v) is 7.29. The molecule has 1 aromatic rings. The first-order valence-electron chi connectivity index (χ1n) is 3.90. The Kier molecular flexibility index (Phi) is 3.21. The van der Waals surface area contributed by atoms with Crippen molar-refractivity contribution in [3.8, 4) is 12.3 Å². The molecule has 0 saturated heterocycles. The van der Waals surface area contributed by atoms with Crippen molar-refractivity contribution in [3.05, 3.63) is 18.2 Å². The lowest BCUT2D eigenvalue weighted by Crippen LogP contribution is -2.16. The number of aromatic nitrogens is 2. The van der Waals surface area contributed by atoms with E-state index in [4.69, 9.17) is 6.42 Å². The van der Waals surface area contributed by atoms with E-state index in [1.54, 1.807) is 0 Å². The van der Waals surface area contributed by atoms with Gasteiger partial charge in [-0.05, 0) is 6.92 Å². The van der Waals surface area contributed by atoms with Crippen LogP contribution in [0, 0.1) is 18.2 Å². The molecule has 0 radical (unpaired) electrons. The molecule has 1 aromatic heterocycles. The molecule has 13 heavy (non-hydrogen) atoms. The highest BCUT2D eigenvalue weighted by molar-refractivity contribution is 5.24. The monoisotopic (exact) mass is 179 g/mol. The van der Waals surface area contributed by atoms with Gasteiger partial charge in [0.2, 0.25) is 5.95 Å². The zero-order chi connectivity index (χ0) is 9.68. The summed E-state index contributed by atoms with van der Waals surface area (Å²) in [5, 5.41) is 2.94. The van der Waals surface area contributed by atoms with Crippen LogP contribution in [0.5, 0.6) is 0 Å². The minimum atomic E-state index is -0.449. The van der Waals surface area contributed by atoms with Gasteiger partial charge in [-0.15, -0.1) is 12.3 Å². The van der Waals surface area contributed by atoms with Crippen LogP contribution in [0.15, 0.2) is 12.4 Å². The average Bonchev–Trinajstić information content (AvgIpc) is 2.09. The highest BCUT2D eigenvalue weighted by Gasteiger charge is 2.01. The maximum absolute atomic E-state index is 12.4. The molecular weight excluding hydrogens is 169 g/mol. The number of nitrogens with one attached hydrogen (secondary N) is 1. The van der Waals surface area contributed by atoms with E-state index >= 15 is 0 Å². The van der Waals surface area contributed by atoms with Crippen molar-refractivity contribution in [1.82, 2.24) is 9.97 Å². The molecule has 0 aromatic carbocycles. The smallest absolute Gasteiger partial charge is 0.223 e. The number of nitrogens with zero attached hydrogens (tertiary/aromatic N) is 2. The van der Waals surface area contributed by atoms with Gasteiger partial charge in [0.25, 0.3) is 0 Å². The van der Waals surface area contributed by atoms with Gasteiger partial charge in [-0.25, -0.2) is 14.4 Å². The first-order chi connectivity index (χ1) is 6.22. The third-order valence-corrected chi connectivity index (χ3v) is 1.42. The molecule has 0 bridgehead atoms. The number of hydrogen-bond donors (Lipinski definition) is 1. The molecule has 1 heterocycles. The molecule has 4 heteroatoms. The zero-order valence-electron chi connectivity index (χ0n) is 7.29. The van der Waals surface area contributed by atoms with E-state index in [1.165, 1.54) is 0 Å². The third-order valence-electron chi connectivity index (χ3n) is 1.42. The Labute approximate surface area is 76.4 Å². The van der Waals surface area contributed by atoms with Crippen LogP contribution < -0.4 is 5.32 Å². The predicted molar refractivity (Wildman–Crippen MR) is 48.5 cm³/mol. The van der Waals surface area contributed by atoms with Crippen LogP contribution in [0.4, 0.5) is 10.3 Å². The van der Waals surface area contributed by atoms with Gasteiger partial charge in [0, 0.05) is 12.5 Å². The molecule has 3 nitrogen and oxygen atoms in total. The van der Waals surface area contributed by atoms with E-state index in [9.17, 15) is 4.39 Å². The van der Waals surface area contributed by atoms with Crippen molar-refractivity contribution in [1.29, 1.82) is 0 Å². The van der Waals surface area contributed by atoms with Crippen molar-refractivity contribution >= 4 is 5.95 Å². The van der Waals surface area contributed by atoms with Gasteiger partial charge >= 0.3 is 0 Å². The van der Waals surface area contributed by atoms with E-state index in [2.05, 4.69) is 21.2 Å². The molecule has 0 amide bonds. The molecule has 68 valence electrons. The first-order valence-corrected chi connectivity index (χ1v) is 3.90. The van der Waals surface area contributed by atoms with Crippen LogP contribution in [-0.2, 0) is 0 Å². The van der Waals surface area contributed by atoms with E-state index < -0.39 is 5.82 Å². The highest BCUT2D eigenvalue weighted by Crippen LogP contribution is 2.01. The summed E-state index contributed by atoms with van der Waals surface area (Å²) >= 11 is 0. The maximum Gasteiger partial charge on any atom is 0.223 e. The van der Waals surface area contributed by atoms with Crippen LogP contribution in [0.3, 0.4) is 0 Å². The van der Waals surface area contributed by atoms with Gasteiger partial charge in [-0.3, -0.25) is 0 Å². The van der Waals surface area contributed by atoms with Crippen molar-refractivity contribution in [2.24, 2.45) is 0 Å². The topological polar surface area (TPSA) is 37.8 Å². The summed E-state index contributed by atoms with van der Waals surface area (Å²) in [6.07, 6.45) is 7.92. The minimum absolute atomic E-state index is 0.0930. The van der Waals surface area contributed by atoms with Crippen LogP contribution >= 0.6 is 0 Å². The lowest BCUT2D eigenvalue weighted by atomic mass is 10.2. The summed E-state index contributed by atoms with van der Waals surface area (Å²) in [6, 6.07) is 0.0930. The van der Waals surface area contributed by atoms with Crippen molar-refractivity contribution in [2.45, 2.75) is 19.4 Å². The molecule has 0 spiro atoms. The molecule has 1 atom stereocenters. The molecule has 0 aliphatic carbocycles. The van der Waals surface area contributed by atoms with Gasteiger partial charge in [-0.2, -0.15) is 0 Å². The Morgan fingerprint density at radius 1 is 1.62 bits per heavy atom. The van der Waals surface area contributed by atoms with Crippen LogP contribution in [0.1, 0.15) is 13.3 Å². The minimum Gasteiger partial charge on any atom is -0.351 e. The molecule has 0 aliphatic heterocycles. The molecule has 0 aliphatic rings.